The van der Waals surface area contributed by atoms with E-state index in [4.69, 9.17) is 0 Å². The summed E-state index contributed by atoms with van der Waals surface area (Å²) in [6.45, 7) is 0.158. The van der Waals surface area contributed by atoms with E-state index in [1.165, 1.54) is 12.8 Å². The number of aromatic nitrogens is 4. The van der Waals surface area contributed by atoms with Gasteiger partial charge in [0.2, 0.25) is 11.8 Å². The molecule has 8 nitrogen and oxygen atoms in total. The van der Waals surface area contributed by atoms with Crippen LogP contribution >= 0.6 is 0 Å². The van der Waals surface area contributed by atoms with Crippen LogP contribution in [-0.2, 0) is 22.6 Å². The second-order valence-corrected chi connectivity index (χ2v) is 7.22. The van der Waals surface area contributed by atoms with Gasteiger partial charge in [0.25, 0.3) is 0 Å². The predicted molar refractivity (Wildman–Crippen MR) is 106 cm³/mol. The van der Waals surface area contributed by atoms with Crippen molar-refractivity contribution in [2.75, 3.05) is 5.32 Å². The highest BCUT2D eigenvalue weighted by Gasteiger charge is 2.17. The Balaban J connectivity index is 1.24. The number of nitrogens with one attached hydrogen (secondary N) is 3. The summed E-state index contributed by atoms with van der Waals surface area (Å²) >= 11 is 0. The average molecular weight is 380 g/mol. The molecule has 8 heteroatoms. The molecule has 28 heavy (non-hydrogen) atoms. The third kappa shape index (κ3) is 4.57. The van der Waals surface area contributed by atoms with Crippen molar-refractivity contribution in [3.8, 4) is 0 Å². The first-order valence-corrected chi connectivity index (χ1v) is 9.71. The van der Waals surface area contributed by atoms with Crippen LogP contribution in [0.3, 0.4) is 0 Å². The summed E-state index contributed by atoms with van der Waals surface area (Å²) in [5.74, 6) is 0.629. The van der Waals surface area contributed by atoms with E-state index in [1.54, 1.807) is 17.1 Å². The lowest BCUT2D eigenvalue weighted by Gasteiger charge is -2.11. The van der Waals surface area contributed by atoms with Crippen LogP contribution < -0.4 is 10.6 Å². The quantitative estimate of drug-likeness (QED) is 0.585. The van der Waals surface area contributed by atoms with Gasteiger partial charge in [-0.05, 0) is 25.0 Å². The van der Waals surface area contributed by atoms with Gasteiger partial charge in [-0.15, -0.1) is 0 Å². The van der Waals surface area contributed by atoms with Crippen LogP contribution in [0.25, 0.3) is 11.0 Å². The van der Waals surface area contributed by atoms with Crippen LogP contribution in [0.1, 0.15) is 37.9 Å². The summed E-state index contributed by atoms with van der Waals surface area (Å²) in [6.07, 6.45) is 8.53. The molecule has 1 aromatic carbocycles. The molecule has 3 aromatic rings. The molecule has 0 radical (unpaired) electrons. The molecular weight excluding hydrogens is 356 g/mol. The van der Waals surface area contributed by atoms with Crippen LogP contribution in [0.2, 0.25) is 0 Å². The molecule has 0 saturated heterocycles. The van der Waals surface area contributed by atoms with E-state index in [0.29, 0.717) is 24.6 Å². The Labute approximate surface area is 162 Å². The fourth-order valence-electron chi connectivity index (χ4n) is 3.58. The van der Waals surface area contributed by atoms with E-state index in [9.17, 15) is 9.59 Å². The number of hydrogen-bond donors (Lipinski definition) is 3. The van der Waals surface area contributed by atoms with Crippen molar-refractivity contribution in [1.82, 2.24) is 25.1 Å². The second-order valence-electron chi connectivity index (χ2n) is 7.22. The molecule has 1 fully saturated rings. The molecule has 0 spiro atoms. The maximum Gasteiger partial charge on any atom is 0.241 e. The lowest BCUT2D eigenvalue weighted by molar-refractivity contribution is -0.122. The fraction of sp³-hybridized carbons (Fsp3) is 0.400. The molecule has 0 unspecified atom stereocenters. The topological polar surface area (TPSA) is 105 Å². The van der Waals surface area contributed by atoms with Crippen LogP contribution in [-0.4, -0.2) is 37.6 Å². The number of fused-ring (bicyclic) bond motifs is 1. The van der Waals surface area contributed by atoms with Crippen LogP contribution in [0.4, 0.5) is 5.69 Å². The number of H-pyrrole nitrogens is 1. The van der Waals surface area contributed by atoms with Crippen LogP contribution in [0.5, 0.6) is 0 Å². The van der Waals surface area contributed by atoms with Gasteiger partial charge < -0.3 is 15.6 Å². The van der Waals surface area contributed by atoms with Gasteiger partial charge in [0.05, 0.1) is 22.9 Å². The van der Waals surface area contributed by atoms with Gasteiger partial charge in [0, 0.05) is 25.1 Å². The van der Waals surface area contributed by atoms with E-state index >= 15 is 0 Å². The number of aromatic amines is 1. The summed E-state index contributed by atoms with van der Waals surface area (Å²) < 4.78 is 1.54. The van der Waals surface area contributed by atoms with E-state index in [1.807, 2.05) is 24.3 Å². The van der Waals surface area contributed by atoms with Gasteiger partial charge in [-0.25, -0.2) is 4.98 Å². The lowest BCUT2D eigenvalue weighted by Crippen LogP contribution is -2.35. The molecule has 0 atom stereocenters. The summed E-state index contributed by atoms with van der Waals surface area (Å²) in [5.41, 5.74) is 2.45. The van der Waals surface area contributed by atoms with Gasteiger partial charge in [0.15, 0.2) is 0 Å². The summed E-state index contributed by atoms with van der Waals surface area (Å²) in [7, 11) is 0. The van der Waals surface area contributed by atoms with E-state index in [-0.39, 0.29) is 18.4 Å². The van der Waals surface area contributed by atoms with Crippen LogP contribution in [0.15, 0.2) is 36.7 Å². The molecule has 1 aliphatic rings. The number of aryl methyl sites for hydroxylation is 1. The molecule has 1 saturated carbocycles. The highest BCUT2D eigenvalue weighted by atomic mass is 16.2. The van der Waals surface area contributed by atoms with Gasteiger partial charge in [-0.1, -0.05) is 25.0 Å². The Hall–Kier alpha value is -3.16. The number of nitrogens with zero attached hydrogens (tertiary/aromatic N) is 3. The number of hydrogen-bond acceptors (Lipinski definition) is 4. The molecule has 1 aliphatic carbocycles. The zero-order valence-corrected chi connectivity index (χ0v) is 15.6. The first-order valence-electron chi connectivity index (χ1n) is 9.71. The summed E-state index contributed by atoms with van der Waals surface area (Å²) in [5, 5.41) is 10.00. The maximum atomic E-state index is 12.2. The van der Waals surface area contributed by atoms with Crippen molar-refractivity contribution >= 4 is 28.5 Å². The molecule has 2 heterocycles. The first-order chi connectivity index (χ1) is 13.7. The van der Waals surface area contributed by atoms with Crippen molar-refractivity contribution in [1.29, 1.82) is 0 Å². The Morgan fingerprint density at radius 2 is 2.00 bits per heavy atom. The Morgan fingerprint density at radius 3 is 2.82 bits per heavy atom. The molecular formula is C20H24N6O2. The fourth-order valence-corrected chi connectivity index (χ4v) is 3.58. The molecule has 3 N–H and O–H groups in total. The third-order valence-electron chi connectivity index (χ3n) is 4.97. The van der Waals surface area contributed by atoms with E-state index in [0.717, 1.165) is 29.7 Å². The standard InChI is InChI=1S/C20H24N6O2/c27-19(10-9-18-24-16-7-3-4-8-17(16)25-18)23-15-11-21-26(12-15)13-20(28)22-14-5-1-2-6-14/h3-4,7-8,11-12,14H,1-2,5-6,9-10,13H2,(H,22,28)(H,23,27)(H,24,25). The number of rotatable bonds is 7. The van der Waals surface area contributed by atoms with Gasteiger partial charge >= 0.3 is 0 Å². The van der Waals surface area contributed by atoms with Crippen molar-refractivity contribution in [3.05, 3.63) is 42.5 Å². The number of benzene rings is 1. The minimum Gasteiger partial charge on any atom is -0.352 e. The summed E-state index contributed by atoms with van der Waals surface area (Å²) in [6, 6.07) is 8.07. The smallest absolute Gasteiger partial charge is 0.241 e. The van der Waals surface area contributed by atoms with E-state index < -0.39 is 0 Å². The van der Waals surface area contributed by atoms with Crippen molar-refractivity contribution in [2.45, 2.75) is 51.1 Å². The highest BCUT2D eigenvalue weighted by molar-refractivity contribution is 5.90. The Bertz CT molecular complexity index is 937. The number of amides is 2. The van der Waals surface area contributed by atoms with Gasteiger partial charge in [0.1, 0.15) is 12.4 Å². The monoisotopic (exact) mass is 380 g/mol. The SMILES string of the molecule is O=C(CCc1nc2ccccc2[nH]1)Nc1cnn(CC(=O)NC2CCCC2)c1. The number of imidazole rings is 1. The molecule has 0 aliphatic heterocycles. The minimum absolute atomic E-state index is 0.0437. The molecule has 2 amide bonds. The molecule has 2 aromatic heterocycles. The third-order valence-corrected chi connectivity index (χ3v) is 4.97. The van der Waals surface area contributed by atoms with Crippen molar-refractivity contribution in [3.63, 3.8) is 0 Å². The first kappa shape index (κ1) is 18.2. The zero-order valence-electron chi connectivity index (χ0n) is 15.6. The predicted octanol–water partition coefficient (Wildman–Crippen LogP) is 2.39. The Kier molecular flexibility index (Phi) is 5.36. The number of carbonyl (C=O) groups is 2. The molecule has 4 rings (SSSR count). The van der Waals surface area contributed by atoms with Crippen molar-refractivity contribution in [2.24, 2.45) is 0 Å². The number of anilines is 1. The maximum absolute atomic E-state index is 12.2. The van der Waals surface area contributed by atoms with Gasteiger partial charge in [-0.3, -0.25) is 14.3 Å². The minimum atomic E-state index is -0.115. The van der Waals surface area contributed by atoms with Gasteiger partial charge in [-0.2, -0.15) is 5.10 Å². The van der Waals surface area contributed by atoms with Crippen molar-refractivity contribution < 1.29 is 9.59 Å². The molecule has 0 bridgehead atoms. The zero-order chi connectivity index (χ0) is 19.3. The number of carbonyl (C=O) groups excluding carboxylic acids is 2. The summed E-state index contributed by atoms with van der Waals surface area (Å²) in [4.78, 5) is 31.9. The normalized spacial score (nSPS) is 14.4. The Morgan fingerprint density at radius 1 is 1.18 bits per heavy atom. The largest absolute Gasteiger partial charge is 0.352 e. The highest BCUT2D eigenvalue weighted by Crippen LogP contribution is 2.17. The number of para-hydroxylation sites is 2. The van der Waals surface area contributed by atoms with E-state index in [2.05, 4.69) is 25.7 Å². The lowest BCUT2D eigenvalue weighted by atomic mass is 10.2. The molecule has 146 valence electrons. The average Bonchev–Trinajstić information content (AvgIpc) is 3.41. The van der Waals surface area contributed by atoms with Crippen LogP contribution in [0, 0.1) is 0 Å². The second kappa shape index (κ2) is 8.24.